The zero-order valence-corrected chi connectivity index (χ0v) is 9.63. The minimum Gasteiger partial charge on any atom is -0.250 e. The zero-order chi connectivity index (χ0) is 10.1. The van der Waals surface area contributed by atoms with E-state index in [1.165, 1.54) is 12.8 Å². The Balaban J connectivity index is 3.61. The molecule has 0 saturated carbocycles. The molecule has 0 fully saturated rings. The Morgan fingerprint density at radius 2 is 2.23 bits per heavy atom. The highest BCUT2D eigenvalue weighted by atomic mass is 32.1. The molecule has 0 aromatic rings. The number of hydrogen-bond donors (Lipinski definition) is 1. The molecule has 0 saturated heterocycles. The molecule has 0 aliphatic carbocycles. The molecule has 0 spiro atoms. The van der Waals surface area contributed by atoms with E-state index in [0.29, 0.717) is 6.04 Å². The minimum absolute atomic E-state index is 0.506. The van der Waals surface area contributed by atoms with Gasteiger partial charge in [0.05, 0.1) is 0 Å². The topological polar surface area (TPSA) is 3.24 Å². The average molecular weight is 199 g/mol. The van der Waals surface area contributed by atoms with Crippen LogP contribution in [0, 0.1) is 0 Å². The van der Waals surface area contributed by atoms with Crippen LogP contribution >= 0.6 is 12.8 Å². The zero-order valence-electron chi connectivity index (χ0n) is 8.74. The summed E-state index contributed by atoms with van der Waals surface area (Å²) in [6, 6.07) is 0.506. The number of hydrogen-bond acceptors (Lipinski definition) is 2. The van der Waals surface area contributed by atoms with E-state index in [0.717, 1.165) is 13.0 Å². The molecule has 0 rings (SSSR count). The van der Waals surface area contributed by atoms with Crippen molar-refractivity contribution in [2.45, 2.75) is 39.2 Å². The summed E-state index contributed by atoms with van der Waals surface area (Å²) in [5.41, 5.74) is 0. The molecule has 1 nitrogen and oxygen atoms in total. The number of unbranched alkanes of at least 4 members (excludes halogenated alkanes) is 1. The first kappa shape index (κ1) is 12.8. The van der Waals surface area contributed by atoms with Crippen molar-refractivity contribution in [1.29, 1.82) is 0 Å². The number of rotatable bonds is 7. The Bertz CT molecular complexity index is 154. The van der Waals surface area contributed by atoms with E-state index >= 15 is 0 Å². The van der Waals surface area contributed by atoms with Gasteiger partial charge in [-0.05, 0) is 19.8 Å². The molecule has 1 unspecified atom stereocenters. The average Bonchev–Trinajstić information content (AvgIpc) is 2.14. The maximum atomic E-state index is 4.43. The molecule has 0 bridgehead atoms. The van der Waals surface area contributed by atoms with E-state index in [4.69, 9.17) is 0 Å². The van der Waals surface area contributed by atoms with Gasteiger partial charge in [0.15, 0.2) is 0 Å². The summed E-state index contributed by atoms with van der Waals surface area (Å²) in [5.74, 6) is 0. The lowest BCUT2D eigenvalue weighted by molar-refractivity contribution is 0.373. The quantitative estimate of drug-likeness (QED) is 0.485. The Morgan fingerprint density at radius 1 is 1.54 bits per heavy atom. The van der Waals surface area contributed by atoms with Crippen LogP contribution in [0.3, 0.4) is 0 Å². The van der Waals surface area contributed by atoms with Crippen LogP contribution in [0.1, 0.15) is 33.1 Å². The van der Waals surface area contributed by atoms with Crippen molar-refractivity contribution in [2.24, 2.45) is 0 Å². The van der Waals surface area contributed by atoms with E-state index in [1.54, 1.807) is 0 Å². The number of nitrogens with zero attached hydrogens (tertiary/aromatic N) is 1. The fraction of sp³-hybridized carbons (Fsp3) is 0.636. The van der Waals surface area contributed by atoms with Crippen molar-refractivity contribution < 1.29 is 0 Å². The molecule has 0 radical (unpaired) electrons. The summed E-state index contributed by atoms with van der Waals surface area (Å²) in [6.45, 7) is 9.09. The third-order valence-corrected chi connectivity index (χ3v) is 2.59. The van der Waals surface area contributed by atoms with Gasteiger partial charge in [-0.25, -0.2) is 0 Å². The van der Waals surface area contributed by atoms with Gasteiger partial charge in [0, 0.05) is 12.6 Å². The van der Waals surface area contributed by atoms with Crippen molar-refractivity contribution >= 4 is 12.8 Å². The molecule has 0 N–H and O–H groups in total. The molecule has 1 atom stereocenters. The summed E-state index contributed by atoms with van der Waals surface area (Å²) in [4.78, 5) is 0. The first-order valence-electron chi connectivity index (χ1n) is 4.95. The SMILES string of the molecule is C=C/C=C\CC(C)N(S)CCCC. The van der Waals surface area contributed by atoms with Gasteiger partial charge >= 0.3 is 0 Å². The van der Waals surface area contributed by atoms with Crippen LogP contribution in [0.4, 0.5) is 0 Å². The minimum atomic E-state index is 0.506. The van der Waals surface area contributed by atoms with Crippen molar-refractivity contribution in [3.8, 4) is 0 Å². The molecule has 0 heterocycles. The van der Waals surface area contributed by atoms with Crippen molar-refractivity contribution in [3.63, 3.8) is 0 Å². The second-order valence-electron chi connectivity index (χ2n) is 3.27. The lowest BCUT2D eigenvalue weighted by Gasteiger charge is -2.21. The lowest BCUT2D eigenvalue weighted by atomic mass is 10.2. The lowest BCUT2D eigenvalue weighted by Crippen LogP contribution is -2.24. The molecule has 2 heteroatoms. The predicted octanol–water partition coefficient (Wildman–Crippen LogP) is 3.45. The maximum absolute atomic E-state index is 4.43. The van der Waals surface area contributed by atoms with Gasteiger partial charge in [0.2, 0.25) is 0 Å². The highest BCUT2D eigenvalue weighted by Gasteiger charge is 2.06. The molecular formula is C11H21NS. The number of thiol groups is 1. The maximum Gasteiger partial charge on any atom is 0.0206 e. The van der Waals surface area contributed by atoms with Gasteiger partial charge in [-0.1, -0.05) is 51.0 Å². The monoisotopic (exact) mass is 199 g/mol. The Hall–Kier alpha value is -0.210. The molecule has 0 aliphatic heterocycles. The molecule has 76 valence electrons. The van der Waals surface area contributed by atoms with Gasteiger partial charge in [0.1, 0.15) is 0 Å². The standard InChI is InChI=1S/C11H21NS/c1-4-6-8-9-11(3)12(13)10-7-5-2/h4,6,8,11,13H,1,5,7,9-10H2,2-3H3/b8-6-. The summed E-state index contributed by atoms with van der Waals surface area (Å²) < 4.78 is 2.11. The Morgan fingerprint density at radius 3 is 2.77 bits per heavy atom. The summed E-state index contributed by atoms with van der Waals surface area (Å²) in [5, 5.41) is 0. The normalized spacial score (nSPS) is 13.8. The van der Waals surface area contributed by atoms with Crippen LogP contribution in [-0.4, -0.2) is 16.9 Å². The van der Waals surface area contributed by atoms with Crippen LogP contribution in [0.25, 0.3) is 0 Å². The molecule has 0 aliphatic rings. The second kappa shape index (κ2) is 8.39. The third kappa shape index (κ3) is 6.91. The largest absolute Gasteiger partial charge is 0.250 e. The highest BCUT2D eigenvalue weighted by molar-refractivity contribution is 7.77. The first-order chi connectivity index (χ1) is 6.22. The number of allylic oxidation sites excluding steroid dienone is 2. The highest BCUT2D eigenvalue weighted by Crippen LogP contribution is 2.08. The van der Waals surface area contributed by atoms with Gasteiger partial charge in [0.25, 0.3) is 0 Å². The van der Waals surface area contributed by atoms with Crippen molar-refractivity contribution in [3.05, 3.63) is 24.8 Å². The Kier molecular flexibility index (Phi) is 8.26. The van der Waals surface area contributed by atoms with Crippen molar-refractivity contribution in [1.82, 2.24) is 4.31 Å². The predicted molar refractivity (Wildman–Crippen MR) is 64.0 cm³/mol. The van der Waals surface area contributed by atoms with E-state index in [-0.39, 0.29) is 0 Å². The molecule has 0 aromatic carbocycles. The first-order valence-corrected chi connectivity index (χ1v) is 5.35. The molecule has 0 amide bonds. The van der Waals surface area contributed by atoms with Gasteiger partial charge < -0.3 is 0 Å². The van der Waals surface area contributed by atoms with E-state index in [1.807, 2.05) is 12.2 Å². The van der Waals surface area contributed by atoms with Crippen LogP contribution in [0.15, 0.2) is 24.8 Å². The smallest absolute Gasteiger partial charge is 0.0206 e. The van der Waals surface area contributed by atoms with Crippen LogP contribution in [0.2, 0.25) is 0 Å². The van der Waals surface area contributed by atoms with Gasteiger partial charge in [-0.2, -0.15) is 0 Å². The summed E-state index contributed by atoms with van der Waals surface area (Å²) >= 11 is 4.43. The Labute approximate surface area is 88.1 Å². The van der Waals surface area contributed by atoms with E-state index < -0.39 is 0 Å². The second-order valence-corrected chi connectivity index (χ2v) is 3.78. The molecular weight excluding hydrogens is 178 g/mol. The fourth-order valence-electron chi connectivity index (χ4n) is 1.03. The molecule has 0 aromatic heterocycles. The molecule has 13 heavy (non-hydrogen) atoms. The van der Waals surface area contributed by atoms with E-state index in [2.05, 4.69) is 43.6 Å². The van der Waals surface area contributed by atoms with Gasteiger partial charge in [-0.15, -0.1) is 0 Å². The van der Waals surface area contributed by atoms with Crippen LogP contribution in [-0.2, 0) is 0 Å². The fourth-order valence-corrected chi connectivity index (χ4v) is 1.27. The third-order valence-electron chi connectivity index (χ3n) is 2.00. The van der Waals surface area contributed by atoms with E-state index in [9.17, 15) is 0 Å². The van der Waals surface area contributed by atoms with Crippen molar-refractivity contribution in [2.75, 3.05) is 6.54 Å². The van der Waals surface area contributed by atoms with Crippen LogP contribution in [0.5, 0.6) is 0 Å². The summed E-state index contributed by atoms with van der Waals surface area (Å²) in [6.07, 6.45) is 9.41. The summed E-state index contributed by atoms with van der Waals surface area (Å²) in [7, 11) is 0. The van der Waals surface area contributed by atoms with Gasteiger partial charge in [-0.3, -0.25) is 4.31 Å². The van der Waals surface area contributed by atoms with Crippen LogP contribution < -0.4 is 0 Å².